The van der Waals surface area contributed by atoms with Crippen molar-refractivity contribution in [2.24, 2.45) is 5.92 Å². The normalized spacial score (nSPS) is 20.7. The molecule has 0 radical (unpaired) electrons. The molecule has 2 rings (SSSR count). The number of carboxylic acid groups (broad SMARTS) is 1. The highest BCUT2D eigenvalue weighted by atomic mass is 35.5. The molecule has 1 aliphatic rings. The lowest BCUT2D eigenvalue weighted by Crippen LogP contribution is -2.36. The number of hydrogen-bond acceptors (Lipinski definition) is 2. The molecule has 0 saturated carbocycles. The number of benzene rings is 1. The van der Waals surface area contributed by atoms with E-state index in [9.17, 15) is 14.0 Å². The Morgan fingerprint density at radius 2 is 2.10 bits per heavy atom. The van der Waals surface area contributed by atoms with Gasteiger partial charge in [-0.3, -0.25) is 4.79 Å². The van der Waals surface area contributed by atoms with Gasteiger partial charge in [0.05, 0.1) is 17.0 Å². The molecule has 1 aromatic rings. The Balaban J connectivity index is 1.89. The predicted octanol–water partition coefficient (Wildman–Crippen LogP) is 2.63. The average molecular weight is 299 g/mol. The minimum Gasteiger partial charge on any atom is -0.481 e. The summed E-state index contributed by atoms with van der Waals surface area (Å²) in [4.78, 5) is 22.4. The smallest absolute Gasteiger partial charge is 0.319 e. The molecule has 0 saturated heterocycles. The van der Waals surface area contributed by atoms with Crippen LogP contribution in [0.1, 0.15) is 6.42 Å². The first-order chi connectivity index (χ1) is 9.45. The van der Waals surface area contributed by atoms with Gasteiger partial charge in [0.1, 0.15) is 5.82 Å². The molecule has 3 N–H and O–H groups in total. The third-order valence-electron chi connectivity index (χ3n) is 2.89. The van der Waals surface area contributed by atoms with E-state index in [4.69, 9.17) is 16.7 Å². The minimum atomic E-state index is -0.925. The Labute approximate surface area is 119 Å². The zero-order chi connectivity index (χ0) is 14.7. The fourth-order valence-corrected chi connectivity index (χ4v) is 2.02. The number of anilines is 1. The van der Waals surface area contributed by atoms with Crippen molar-refractivity contribution >= 4 is 29.3 Å². The van der Waals surface area contributed by atoms with Gasteiger partial charge in [-0.05, 0) is 24.6 Å². The van der Waals surface area contributed by atoms with Gasteiger partial charge in [0.25, 0.3) is 0 Å². The second-order valence-electron chi connectivity index (χ2n) is 4.40. The van der Waals surface area contributed by atoms with Crippen molar-refractivity contribution in [2.75, 3.05) is 5.32 Å². The quantitative estimate of drug-likeness (QED) is 0.751. The van der Waals surface area contributed by atoms with Crippen molar-refractivity contribution in [3.8, 4) is 0 Å². The van der Waals surface area contributed by atoms with Gasteiger partial charge in [0.15, 0.2) is 0 Å². The lowest BCUT2D eigenvalue weighted by molar-refractivity contribution is -0.140. The molecule has 0 aliphatic heterocycles. The molecule has 0 fully saturated rings. The molecule has 2 unspecified atom stereocenters. The summed E-state index contributed by atoms with van der Waals surface area (Å²) < 4.78 is 13.2. The van der Waals surface area contributed by atoms with E-state index < -0.39 is 23.7 Å². The summed E-state index contributed by atoms with van der Waals surface area (Å²) in [6.45, 7) is 0. The number of rotatable bonds is 3. The number of aliphatic carboxylic acids is 1. The van der Waals surface area contributed by atoms with Crippen molar-refractivity contribution < 1.29 is 19.1 Å². The van der Waals surface area contributed by atoms with Crippen LogP contribution in [0, 0.1) is 11.7 Å². The highest BCUT2D eigenvalue weighted by molar-refractivity contribution is 6.30. The number of nitrogens with one attached hydrogen (secondary N) is 2. The monoisotopic (exact) mass is 298 g/mol. The van der Waals surface area contributed by atoms with Gasteiger partial charge < -0.3 is 15.7 Å². The van der Waals surface area contributed by atoms with Crippen molar-refractivity contribution in [1.82, 2.24) is 5.32 Å². The number of hydrogen-bond donors (Lipinski definition) is 3. The highest BCUT2D eigenvalue weighted by Gasteiger charge is 2.25. The first-order valence-electron chi connectivity index (χ1n) is 5.89. The van der Waals surface area contributed by atoms with E-state index in [1.165, 1.54) is 18.2 Å². The zero-order valence-corrected chi connectivity index (χ0v) is 11.0. The van der Waals surface area contributed by atoms with Crippen LogP contribution in [-0.4, -0.2) is 23.1 Å². The van der Waals surface area contributed by atoms with E-state index in [0.717, 1.165) is 6.07 Å². The summed E-state index contributed by atoms with van der Waals surface area (Å²) in [6, 6.07) is 3.02. The van der Waals surface area contributed by atoms with Crippen LogP contribution in [0.15, 0.2) is 30.4 Å². The summed E-state index contributed by atoms with van der Waals surface area (Å²) in [6.07, 6.45) is 3.47. The fraction of sp³-hybridized carbons (Fsp3) is 0.231. The fourth-order valence-electron chi connectivity index (χ4n) is 1.90. The molecule has 0 heterocycles. The van der Waals surface area contributed by atoms with Crippen molar-refractivity contribution in [2.45, 2.75) is 12.5 Å². The van der Waals surface area contributed by atoms with Gasteiger partial charge in [-0.15, -0.1) is 0 Å². The molecule has 5 nitrogen and oxygen atoms in total. The summed E-state index contributed by atoms with van der Waals surface area (Å²) in [7, 11) is 0. The SMILES string of the molecule is O=C(Nc1ccc(Cl)c(F)c1)NC1C=CC(C(=O)O)C1. The number of halogens is 2. The van der Waals surface area contributed by atoms with Crippen LogP contribution < -0.4 is 10.6 Å². The van der Waals surface area contributed by atoms with E-state index >= 15 is 0 Å². The lowest BCUT2D eigenvalue weighted by Gasteiger charge is -2.13. The zero-order valence-electron chi connectivity index (χ0n) is 10.3. The van der Waals surface area contributed by atoms with Crippen LogP contribution in [-0.2, 0) is 4.79 Å². The number of carbonyl (C=O) groups excluding carboxylic acids is 1. The molecule has 0 bridgehead atoms. The van der Waals surface area contributed by atoms with Gasteiger partial charge >= 0.3 is 12.0 Å². The molecule has 7 heteroatoms. The Morgan fingerprint density at radius 3 is 2.70 bits per heavy atom. The first kappa shape index (κ1) is 14.3. The van der Waals surface area contributed by atoms with Crippen molar-refractivity contribution in [1.29, 1.82) is 0 Å². The number of urea groups is 1. The third kappa shape index (κ3) is 3.48. The maximum absolute atomic E-state index is 13.2. The maximum Gasteiger partial charge on any atom is 0.319 e. The molecule has 0 spiro atoms. The number of carbonyl (C=O) groups is 2. The molecule has 0 aromatic heterocycles. The summed E-state index contributed by atoms with van der Waals surface area (Å²) in [5.41, 5.74) is 0.265. The second kappa shape index (κ2) is 5.92. The summed E-state index contributed by atoms with van der Waals surface area (Å²) in [5, 5.41) is 13.8. The maximum atomic E-state index is 13.2. The highest BCUT2D eigenvalue weighted by Crippen LogP contribution is 2.20. The summed E-state index contributed by atoms with van der Waals surface area (Å²) in [5.74, 6) is -2.14. The van der Waals surface area contributed by atoms with Crippen LogP contribution in [0.3, 0.4) is 0 Å². The Kier molecular flexibility index (Phi) is 4.24. The van der Waals surface area contributed by atoms with Gasteiger partial charge in [0, 0.05) is 5.69 Å². The van der Waals surface area contributed by atoms with Crippen molar-refractivity contribution in [3.05, 3.63) is 41.2 Å². The topological polar surface area (TPSA) is 78.4 Å². The van der Waals surface area contributed by atoms with Crippen LogP contribution in [0.5, 0.6) is 0 Å². The van der Waals surface area contributed by atoms with E-state index in [1.807, 2.05) is 0 Å². The molecule has 106 valence electrons. The third-order valence-corrected chi connectivity index (χ3v) is 3.20. The molecule has 20 heavy (non-hydrogen) atoms. The lowest BCUT2D eigenvalue weighted by atomic mass is 10.1. The van der Waals surface area contributed by atoms with Crippen LogP contribution in [0.4, 0.5) is 14.9 Å². The molecule has 1 aromatic carbocycles. The Morgan fingerprint density at radius 1 is 1.35 bits per heavy atom. The standard InChI is InChI=1S/C13H12ClFN2O3/c14-10-4-3-9(6-11(10)15)17-13(20)16-8-2-1-7(5-8)12(18)19/h1-4,6-8H,5H2,(H,18,19)(H2,16,17,20). The van der Waals surface area contributed by atoms with E-state index in [1.54, 1.807) is 6.08 Å². The second-order valence-corrected chi connectivity index (χ2v) is 4.81. The van der Waals surface area contributed by atoms with Crippen LogP contribution in [0.2, 0.25) is 5.02 Å². The van der Waals surface area contributed by atoms with Gasteiger partial charge in [0.2, 0.25) is 0 Å². The number of carboxylic acids is 1. The predicted molar refractivity (Wildman–Crippen MR) is 72.2 cm³/mol. The van der Waals surface area contributed by atoms with Gasteiger partial charge in [-0.1, -0.05) is 23.8 Å². The minimum absolute atomic E-state index is 0.0287. The Bertz CT molecular complexity index is 577. The molecular formula is C13H12ClFN2O3. The summed E-state index contributed by atoms with van der Waals surface area (Å²) >= 11 is 5.53. The largest absolute Gasteiger partial charge is 0.481 e. The van der Waals surface area contributed by atoms with E-state index in [2.05, 4.69) is 10.6 Å². The molecular weight excluding hydrogens is 287 g/mol. The van der Waals surface area contributed by atoms with Crippen LogP contribution >= 0.6 is 11.6 Å². The Hall–Kier alpha value is -2.08. The molecule has 2 atom stereocenters. The van der Waals surface area contributed by atoms with E-state index in [0.29, 0.717) is 6.42 Å². The number of amides is 2. The molecule has 1 aliphatic carbocycles. The van der Waals surface area contributed by atoms with E-state index in [-0.39, 0.29) is 16.8 Å². The van der Waals surface area contributed by atoms with Gasteiger partial charge in [-0.25, -0.2) is 9.18 Å². The van der Waals surface area contributed by atoms with Crippen molar-refractivity contribution in [3.63, 3.8) is 0 Å². The van der Waals surface area contributed by atoms with Crippen LogP contribution in [0.25, 0.3) is 0 Å². The average Bonchev–Trinajstić information content (AvgIpc) is 2.82. The van der Waals surface area contributed by atoms with Gasteiger partial charge in [-0.2, -0.15) is 0 Å². The molecule has 2 amide bonds. The first-order valence-corrected chi connectivity index (χ1v) is 6.27.